The molecule has 0 bridgehead atoms. The van der Waals surface area contributed by atoms with Crippen molar-refractivity contribution in [2.24, 2.45) is 0 Å². The Bertz CT molecular complexity index is 868. The number of hydrogen-bond acceptors (Lipinski definition) is 7. The van der Waals surface area contributed by atoms with Gasteiger partial charge in [-0.2, -0.15) is 0 Å². The van der Waals surface area contributed by atoms with Gasteiger partial charge in [0, 0.05) is 30.0 Å². The summed E-state index contributed by atoms with van der Waals surface area (Å²) in [4.78, 5) is 36.5. The van der Waals surface area contributed by atoms with Gasteiger partial charge in [-0.3, -0.25) is 14.4 Å². The molecule has 2 amide bonds. The first-order chi connectivity index (χ1) is 14.0. The number of fused-ring (bicyclic) bond motifs is 1. The number of carbonyl (C=O) groups is 3. The molecule has 0 radical (unpaired) electrons. The van der Waals surface area contributed by atoms with Crippen LogP contribution in [0.1, 0.15) is 30.7 Å². The molecule has 0 aliphatic carbocycles. The monoisotopic (exact) mass is 418 g/mol. The van der Waals surface area contributed by atoms with E-state index >= 15 is 0 Å². The molecule has 0 saturated carbocycles. The molecule has 1 aromatic heterocycles. The van der Waals surface area contributed by atoms with Crippen LogP contribution in [0.25, 0.3) is 0 Å². The molecule has 154 valence electrons. The van der Waals surface area contributed by atoms with Crippen LogP contribution < -0.4 is 20.1 Å². The summed E-state index contributed by atoms with van der Waals surface area (Å²) >= 11 is 1.43. The van der Waals surface area contributed by atoms with Crippen LogP contribution in [0.2, 0.25) is 0 Å². The zero-order valence-electron chi connectivity index (χ0n) is 15.9. The van der Waals surface area contributed by atoms with Crippen molar-refractivity contribution in [3.63, 3.8) is 0 Å². The maximum atomic E-state index is 12.1. The van der Waals surface area contributed by atoms with Gasteiger partial charge in [0.2, 0.25) is 5.91 Å². The van der Waals surface area contributed by atoms with Crippen molar-refractivity contribution >= 4 is 34.8 Å². The highest BCUT2D eigenvalue weighted by Gasteiger charge is 2.20. The molecule has 0 fully saturated rings. The second kappa shape index (κ2) is 9.92. The largest absolute Gasteiger partial charge is 0.490 e. The molecule has 9 heteroatoms. The van der Waals surface area contributed by atoms with Crippen molar-refractivity contribution in [1.82, 2.24) is 5.32 Å². The molecule has 29 heavy (non-hydrogen) atoms. The third kappa shape index (κ3) is 6.21. The van der Waals surface area contributed by atoms with Crippen molar-refractivity contribution in [2.45, 2.75) is 25.8 Å². The number of ether oxygens (including phenoxy) is 3. The number of benzene rings is 1. The highest BCUT2D eigenvalue weighted by Crippen LogP contribution is 2.32. The third-order valence-electron chi connectivity index (χ3n) is 4.03. The first-order valence-electron chi connectivity index (χ1n) is 9.17. The Kier molecular flexibility index (Phi) is 7.07. The van der Waals surface area contributed by atoms with Crippen LogP contribution in [0.4, 0.5) is 5.69 Å². The summed E-state index contributed by atoms with van der Waals surface area (Å²) < 4.78 is 16.2. The zero-order valence-corrected chi connectivity index (χ0v) is 16.8. The maximum Gasteiger partial charge on any atom is 0.308 e. The van der Waals surface area contributed by atoms with Crippen LogP contribution in [-0.2, 0) is 19.1 Å². The lowest BCUT2D eigenvalue weighted by molar-refractivity contribution is -0.147. The van der Waals surface area contributed by atoms with Crippen molar-refractivity contribution < 1.29 is 28.6 Å². The van der Waals surface area contributed by atoms with E-state index in [0.717, 1.165) is 11.3 Å². The molecule has 1 aliphatic heterocycles. The second-order valence-corrected chi connectivity index (χ2v) is 7.37. The number of nitrogens with one attached hydrogen (secondary N) is 2. The SMILES string of the molecule is CC(=O)NC(CC(=O)OCC(=O)Nc1ccc2c(c1)OCCCO2)c1cccs1. The van der Waals surface area contributed by atoms with Crippen molar-refractivity contribution in [3.05, 3.63) is 40.6 Å². The average Bonchev–Trinajstić information content (AvgIpc) is 3.12. The summed E-state index contributed by atoms with van der Waals surface area (Å²) in [6, 6.07) is 8.27. The summed E-state index contributed by atoms with van der Waals surface area (Å²) in [5.41, 5.74) is 0.519. The Morgan fingerprint density at radius 3 is 2.69 bits per heavy atom. The Labute approximate surface area is 172 Å². The predicted octanol–water partition coefficient (Wildman–Crippen LogP) is 2.66. The van der Waals surface area contributed by atoms with E-state index in [1.807, 2.05) is 17.5 Å². The van der Waals surface area contributed by atoms with E-state index in [2.05, 4.69) is 10.6 Å². The number of rotatable bonds is 7. The first-order valence-corrected chi connectivity index (χ1v) is 10.0. The molecule has 1 atom stereocenters. The summed E-state index contributed by atoms with van der Waals surface area (Å²) in [7, 11) is 0. The maximum absolute atomic E-state index is 12.1. The number of carbonyl (C=O) groups excluding carboxylic acids is 3. The normalized spacial score (nSPS) is 13.7. The van der Waals surface area contributed by atoms with Gasteiger partial charge in [0.05, 0.1) is 25.7 Å². The molecule has 0 saturated heterocycles. The topological polar surface area (TPSA) is 103 Å². The van der Waals surface area contributed by atoms with Gasteiger partial charge >= 0.3 is 5.97 Å². The zero-order chi connectivity index (χ0) is 20.6. The van der Waals surface area contributed by atoms with E-state index in [0.29, 0.717) is 30.4 Å². The molecule has 3 rings (SSSR count). The van der Waals surface area contributed by atoms with Gasteiger partial charge in [0.25, 0.3) is 5.91 Å². The standard InChI is InChI=1S/C20H22N2O6S/c1-13(23)21-15(18-4-2-9-29-18)11-20(25)28-12-19(24)22-14-5-6-16-17(10-14)27-8-3-7-26-16/h2,4-6,9-10,15H,3,7-8,11-12H2,1H3,(H,21,23)(H,22,24). The van der Waals surface area contributed by atoms with Gasteiger partial charge in [-0.1, -0.05) is 6.07 Å². The van der Waals surface area contributed by atoms with Gasteiger partial charge in [0.15, 0.2) is 18.1 Å². The molecule has 0 spiro atoms. The van der Waals surface area contributed by atoms with E-state index in [-0.39, 0.29) is 12.3 Å². The Balaban J connectivity index is 1.50. The van der Waals surface area contributed by atoms with Gasteiger partial charge in [0.1, 0.15) is 0 Å². The highest BCUT2D eigenvalue weighted by atomic mass is 32.1. The first kappa shape index (κ1) is 20.7. The molecule has 8 nitrogen and oxygen atoms in total. The predicted molar refractivity (Wildman–Crippen MR) is 107 cm³/mol. The average molecular weight is 418 g/mol. The van der Waals surface area contributed by atoms with E-state index in [4.69, 9.17) is 14.2 Å². The lowest BCUT2D eigenvalue weighted by atomic mass is 10.1. The quantitative estimate of drug-likeness (QED) is 0.670. The number of thiophene rings is 1. The Hall–Kier alpha value is -3.07. The van der Waals surface area contributed by atoms with Crippen LogP contribution in [0.5, 0.6) is 11.5 Å². The van der Waals surface area contributed by atoms with Crippen LogP contribution in [0.15, 0.2) is 35.7 Å². The van der Waals surface area contributed by atoms with E-state index in [9.17, 15) is 14.4 Å². The molecular weight excluding hydrogens is 396 g/mol. The fourth-order valence-corrected chi connectivity index (χ4v) is 3.55. The molecular formula is C20H22N2O6S. The number of amides is 2. The van der Waals surface area contributed by atoms with Crippen LogP contribution in [0.3, 0.4) is 0 Å². The third-order valence-corrected chi connectivity index (χ3v) is 5.02. The molecule has 1 unspecified atom stereocenters. The van der Waals surface area contributed by atoms with Crippen molar-refractivity contribution in [3.8, 4) is 11.5 Å². The van der Waals surface area contributed by atoms with Crippen LogP contribution >= 0.6 is 11.3 Å². The summed E-state index contributed by atoms with van der Waals surface area (Å²) in [6.07, 6.45) is 0.731. The Morgan fingerprint density at radius 1 is 1.17 bits per heavy atom. The second-order valence-electron chi connectivity index (χ2n) is 6.39. The minimum absolute atomic E-state index is 0.0581. The number of hydrogen-bond donors (Lipinski definition) is 2. The molecule has 2 aromatic rings. The van der Waals surface area contributed by atoms with E-state index in [1.54, 1.807) is 18.2 Å². The van der Waals surface area contributed by atoms with Crippen molar-refractivity contribution in [1.29, 1.82) is 0 Å². The summed E-state index contributed by atoms with van der Waals surface area (Å²) in [5.74, 6) is -0.106. The van der Waals surface area contributed by atoms with Crippen LogP contribution in [-0.4, -0.2) is 37.6 Å². The minimum Gasteiger partial charge on any atom is -0.490 e. The van der Waals surface area contributed by atoms with Crippen LogP contribution in [0, 0.1) is 0 Å². The highest BCUT2D eigenvalue weighted by molar-refractivity contribution is 7.10. The van der Waals surface area contributed by atoms with E-state index in [1.165, 1.54) is 18.3 Å². The van der Waals surface area contributed by atoms with Gasteiger partial charge < -0.3 is 24.8 Å². The number of anilines is 1. The van der Waals surface area contributed by atoms with Gasteiger partial charge in [-0.05, 0) is 23.6 Å². The molecule has 1 aliphatic rings. The smallest absolute Gasteiger partial charge is 0.308 e. The summed E-state index contributed by atoms with van der Waals surface area (Å²) in [6.45, 7) is 2.08. The van der Waals surface area contributed by atoms with E-state index < -0.39 is 24.5 Å². The fourth-order valence-electron chi connectivity index (χ4n) is 2.77. The molecule has 1 aromatic carbocycles. The number of esters is 1. The Morgan fingerprint density at radius 2 is 1.97 bits per heavy atom. The molecule has 2 heterocycles. The summed E-state index contributed by atoms with van der Waals surface area (Å²) in [5, 5.41) is 7.24. The lowest BCUT2D eigenvalue weighted by Gasteiger charge is -2.15. The lowest BCUT2D eigenvalue weighted by Crippen LogP contribution is -2.29. The minimum atomic E-state index is -0.578. The van der Waals surface area contributed by atoms with Gasteiger partial charge in [-0.25, -0.2) is 0 Å². The molecule has 2 N–H and O–H groups in total. The fraction of sp³-hybridized carbons (Fsp3) is 0.350. The van der Waals surface area contributed by atoms with Crippen molar-refractivity contribution in [2.75, 3.05) is 25.1 Å². The van der Waals surface area contributed by atoms with Gasteiger partial charge in [-0.15, -0.1) is 11.3 Å².